The number of ether oxygens (including phenoxy) is 1. The fourth-order valence-corrected chi connectivity index (χ4v) is 2.47. The van der Waals surface area contributed by atoms with Crippen molar-refractivity contribution in [3.05, 3.63) is 43.2 Å². The number of aryl methyl sites for hydroxylation is 1. The molecule has 2 N–H and O–H groups in total. The predicted octanol–water partition coefficient (Wildman–Crippen LogP) is 2.05. The molecule has 1 radical (unpaired) electrons. The quantitative estimate of drug-likeness (QED) is 0.382. The normalized spacial score (nSPS) is 15.2. The minimum Gasteiger partial charge on any atom is -0.369 e. The number of fused-ring (bicyclic) bond motifs is 1. The van der Waals surface area contributed by atoms with Gasteiger partial charge in [0.25, 0.3) is 5.85 Å². The third-order valence-electron chi connectivity index (χ3n) is 3.55. The fraction of sp³-hybridized carbons (Fsp3) is 0.357. The minimum atomic E-state index is -4.55. The second-order valence-electron chi connectivity index (χ2n) is 5.22. The van der Waals surface area contributed by atoms with Gasteiger partial charge in [-0.05, 0) is 18.7 Å². The number of rotatable bonds is 7. The van der Waals surface area contributed by atoms with Crippen LogP contribution in [-0.2, 0) is 42.0 Å². The van der Waals surface area contributed by atoms with Gasteiger partial charge in [-0.25, -0.2) is 4.39 Å². The van der Waals surface area contributed by atoms with Crippen LogP contribution in [0.2, 0.25) is 0 Å². The maximum Gasteiger partial charge on any atom is 0.351 e. The minimum absolute atomic E-state index is 0. The molecule has 2 aromatic rings. The van der Waals surface area contributed by atoms with Crippen LogP contribution in [0.15, 0.2) is 31.1 Å². The topological polar surface area (TPSA) is 110 Å². The summed E-state index contributed by atoms with van der Waals surface area (Å²) in [5.41, 5.74) is 1.47. The molecule has 133 valence electrons. The molecule has 2 atom stereocenters. The maximum absolute atomic E-state index is 14.9. The Morgan fingerprint density at radius 3 is 2.80 bits per heavy atom. The van der Waals surface area contributed by atoms with E-state index in [1.165, 1.54) is 6.33 Å². The molecule has 0 saturated heterocycles. The van der Waals surface area contributed by atoms with Gasteiger partial charge in [0.2, 0.25) is 0 Å². The summed E-state index contributed by atoms with van der Waals surface area (Å²) in [6.07, 6.45) is 3.63. The van der Waals surface area contributed by atoms with Gasteiger partial charge in [0.05, 0.1) is 6.33 Å². The van der Waals surface area contributed by atoms with Gasteiger partial charge in [0.1, 0.15) is 0 Å². The van der Waals surface area contributed by atoms with E-state index in [0.29, 0.717) is 16.9 Å². The van der Waals surface area contributed by atoms with E-state index in [1.807, 2.05) is 0 Å². The number of halogens is 1. The number of aromatic nitrogens is 4. The predicted molar refractivity (Wildman–Crippen MR) is 84.8 cm³/mol. The summed E-state index contributed by atoms with van der Waals surface area (Å²) in [5.74, 6) is -2.62. The summed E-state index contributed by atoms with van der Waals surface area (Å²) in [5, 5.41) is 0. The van der Waals surface area contributed by atoms with Gasteiger partial charge in [-0.15, -0.1) is 0 Å². The van der Waals surface area contributed by atoms with Crippen LogP contribution in [-0.4, -0.2) is 41.5 Å². The zero-order valence-corrected chi connectivity index (χ0v) is 17.5. The molecule has 2 heterocycles. The van der Waals surface area contributed by atoms with Crippen LogP contribution in [0.25, 0.3) is 11.2 Å². The van der Waals surface area contributed by atoms with Crippen molar-refractivity contribution < 1.29 is 56.2 Å². The second-order valence-corrected chi connectivity index (χ2v) is 6.81. The molecule has 0 aliphatic carbocycles. The van der Waals surface area contributed by atoms with Crippen LogP contribution < -0.4 is 0 Å². The van der Waals surface area contributed by atoms with E-state index >= 15 is 0 Å². The molecule has 0 unspecified atom stereocenters. The molecule has 0 spiro atoms. The SMILES string of the molecule is C=C[C@](F)(OCP(=O)(O)O)C(=C)[C@@H](C)n1cnc2c(C)n[c-]nc21.[Y]. The van der Waals surface area contributed by atoms with Gasteiger partial charge >= 0.3 is 7.60 Å². The Bertz CT molecular complexity index is 839. The first-order valence-corrected chi connectivity index (χ1v) is 8.66. The van der Waals surface area contributed by atoms with Crippen molar-refractivity contribution in [2.24, 2.45) is 0 Å². The smallest absolute Gasteiger partial charge is 0.351 e. The van der Waals surface area contributed by atoms with Crippen LogP contribution in [0.5, 0.6) is 0 Å². The zero-order valence-electron chi connectivity index (χ0n) is 13.8. The van der Waals surface area contributed by atoms with E-state index in [-0.39, 0.29) is 38.3 Å². The largest absolute Gasteiger partial charge is 0.369 e. The van der Waals surface area contributed by atoms with Gasteiger partial charge in [-0.1, -0.05) is 20.1 Å². The van der Waals surface area contributed by atoms with Gasteiger partial charge in [-0.3, -0.25) is 9.55 Å². The van der Waals surface area contributed by atoms with Crippen molar-refractivity contribution in [2.45, 2.75) is 25.7 Å². The molecule has 0 aliphatic rings. The molecule has 0 amide bonds. The van der Waals surface area contributed by atoms with E-state index in [4.69, 9.17) is 14.5 Å². The Hall–Kier alpha value is -0.826. The Balaban J connectivity index is 0.00000312. The molecule has 0 bridgehead atoms. The Morgan fingerprint density at radius 2 is 2.24 bits per heavy atom. The molecule has 2 rings (SSSR count). The Labute approximate surface area is 169 Å². The van der Waals surface area contributed by atoms with Crippen molar-refractivity contribution in [3.8, 4) is 0 Å². The molecule has 11 heteroatoms. The van der Waals surface area contributed by atoms with Gasteiger partial charge in [0.15, 0.2) is 6.35 Å². The van der Waals surface area contributed by atoms with Crippen molar-refractivity contribution in [1.82, 2.24) is 19.5 Å². The molecular formula is C14H17FN4O4PY-. The van der Waals surface area contributed by atoms with Gasteiger partial charge in [-0.2, -0.15) is 0 Å². The first-order chi connectivity index (χ1) is 11.1. The summed E-state index contributed by atoms with van der Waals surface area (Å²) >= 11 is 0. The number of hydrogen-bond acceptors (Lipinski definition) is 5. The van der Waals surface area contributed by atoms with Crippen molar-refractivity contribution in [3.63, 3.8) is 0 Å². The number of alkyl halides is 1. The average Bonchev–Trinajstić information content (AvgIpc) is 2.96. The van der Waals surface area contributed by atoms with Gasteiger partial charge in [0, 0.05) is 61.8 Å². The number of nitrogens with zero attached hydrogens (tertiary/aromatic N) is 4. The summed E-state index contributed by atoms with van der Waals surface area (Å²) in [6, 6.07) is -0.683. The zero-order chi connectivity index (χ0) is 18.1. The molecule has 0 aromatic carbocycles. The van der Waals surface area contributed by atoms with Crippen molar-refractivity contribution in [1.29, 1.82) is 0 Å². The average molecular weight is 444 g/mol. The third-order valence-corrected chi connectivity index (χ3v) is 4.01. The molecule has 0 saturated carbocycles. The standard InChI is InChI=1S/C14H17FN4O4P.Y/c1-5-14(15,23-8-24(20,21)22)9(2)11(4)19-7-18-12-10(3)16-6-17-13(12)19;/h5,7,11H,1-2,8H2,3-4H3,(H2,20,21,22);/q-1;/t11-,14+;/m1./s1. The fourth-order valence-electron chi connectivity index (χ4n) is 2.12. The summed E-state index contributed by atoms with van der Waals surface area (Å²) < 4.78 is 32.1. The van der Waals surface area contributed by atoms with E-state index < -0.39 is 25.8 Å². The van der Waals surface area contributed by atoms with Crippen molar-refractivity contribution in [2.75, 3.05) is 6.35 Å². The van der Waals surface area contributed by atoms with Crippen LogP contribution in [0.3, 0.4) is 0 Å². The first-order valence-electron chi connectivity index (χ1n) is 6.86. The monoisotopic (exact) mass is 444 g/mol. The molecule has 8 nitrogen and oxygen atoms in total. The van der Waals surface area contributed by atoms with E-state index in [0.717, 1.165) is 6.08 Å². The van der Waals surface area contributed by atoms with Crippen molar-refractivity contribution >= 4 is 18.8 Å². The number of imidazole rings is 1. The number of hydrogen-bond donors (Lipinski definition) is 2. The van der Waals surface area contributed by atoms with E-state index in [2.05, 4.69) is 34.4 Å². The van der Waals surface area contributed by atoms with E-state index in [1.54, 1.807) is 18.4 Å². The molecule has 0 aliphatic heterocycles. The maximum atomic E-state index is 14.9. The summed E-state index contributed by atoms with van der Waals surface area (Å²) in [7, 11) is -4.55. The van der Waals surface area contributed by atoms with Crippen LogP contribution in [0, 0.1) is 13.3 Å². The Morgan fingerprint density at radius 1 is 1.60 bits per heavy atom. The molecule has 2 aromatic heterocycles. The van der Waals surface area contributed by atoms with Crippen LogP contribution in [0.1, 0.15) is 18.7 Å². The van der Waals surface area contributed by atoms with Crippen LogP contribution in [0.4, 0.5) is 4.39 Å². The molecular weight excluding hydrogens is 427 g/mol. The Kier molecular flexibility index (Phi) is 7.33. The van der Waals surface area contributed by atoms with Crippen LogP contribution >= 0.6 is 7.60 Å². The summed E-state index contributed by atoms with van der Waals surface area (Å²) in [6.45, 7) is 10.3. The first kappa shape index (κ1) is 22.2. The molecule has 25 heavy (non-hydrogen) atoms. The van der Waals surface area contributed by atoms with E-state index in [9.17, 15) is 8.96 Å². The molecule has 0 fully saturated rings. The third kappa shape index (κ3) is 4.87. The van der Waals surface area contributed by atoms with Gasteiger partial charge < -0.3 is 29.1 Å². The summed E-state index contributed by atoms with van der Waals surface area (Å²) in [4.78, 5) is 29.8. The second kappa shape index (κ2) is 8.25.